The van der Waals surface area contributed by atoms with Gasteiger partial charge in [-0.1, -0.05) is 104 Å². The van der Waals surface area contributed by atoms with Crippen LogP contribution in [0.5, 0.6) is 0 Å². The standard InChI is InChI=1S/C57H95N15O15/c1-11-19-37-56(86)87-33(9)45(55(85)63-32(8)46(76)64-35(47(77)66-37)22-18-25-62-57(59)60)72-51(81)40(28-74)68-53(83)43(30(6)13-3)71-54(84)44(31(7)14-4)69-48(78)36(23-24-41(58)75)65-50(80)39(27-73)67-52(82)42(29(5)12-2)70-49(79)38(61-10)26-34-20-16-15-17-21-34/h15-17,20-21,29-33,35-40,42-45,61,73-74H,11-14,18-19,22-28H2,1-10H3,(H2,58,75)(H,63,85)(H,64,76)(H,65,80)(H,66,77)(H,67,82)(H,68,83)(H,69,78)(H,70,79)(H,71,84)(H,72,81)(H4,59,60,62)/t29-,30-,31-,32-,33-,35-,36+,37?,38+,39-,40-,42-,43-,44+,45+/m0/s1. The molecule has 1 unspecified atom stereocenters. The first kappa shape index (κ1) is 75.1. The number of amides is 11. The number of likely N-dealkylation sites (N-methyl/N-ethyl adjacent to an activating group) is 1. The van der Waals surface area contributed by atoms with E-state index in [1.165, 1.54) is 13.8 Å². The fourth-order valence-corrected chi connectivity index (χ4v) is 9.00. The summed E-state index contributed by atoms with van der Waals surface area (Å²) in [6.07, 6.45) is -0.394. The third-order valence-corrected chi connectivity index (χ3v) is 15.1. The van der Waals surface area contributed by atoms with Crippen molar-refractivity contribution in [2.24, 2.45) is 39.9 Å². The molecule has 0 aromatic heterocycles. The van der Waals surface area contributed by atoms with Crippen molar-refractivity contribution in [2.45, 2.75) is 199 Å². The first-order valence-electron chi connectivity index (χ1n) is 29.6. The van der Waals surface area contributed by atoms with Gasteiger partial charge in [-0.25, -0.2) is 4.79 Å². The molecular weight excluding hydrogens is 1130 g/mol. The Kier molecular flexibility index (Phi) is 33.0. The molecule has 0 aliphatic carbocycles. The van der Waals surface area contributed by atoms with Gasteiger partial charge in [0.1, 0.15) is 66.5 Å². The number of esters is 1. The molecule has 1 fully saturated rings. The molecule has 0 bridgehead atoms. The molecule has 2 rings (SSSR count). The zero-order valence-corrected chi connectivity index (χ0v) is 51.6. The van der Waals surface area contributed by atoms with Crippen molar-refractivity contribution in [1.29, 1.82) is 0 Å². The Labute approximate surface area is 508 Å². The maximum absolute atomic E-state index is 14.4. The van der Waals surface area contributed by atoms with Gasteiger partial charge in [0.15, 0.2) is 5.96 Å². The third-order valence-electron chi connectivity index (χ3n) is 15.1. The van der Waals surface area contributed by atoms with E-state index in [0.717, 1.165) is 5.56 Å². The number of aliphatic hydroxyl groups is 2. The van der Waals surface area contributed by atoms with E-state index in [2.05, 4.69) is 63.5 Å². The van der Waals surface area contributed by atoms with Crippen molar-refractivity contribution < 1.29 is 72.5 Å². The SMILES string of the molecule is CCCC1NC(=O)[C@H](CCCN=C(N)N)NC(=O)[C@H](C)NC(=O)[C@H](NC(=O)[C@H](CO)NC(=O)[C@@H](NC(=O)[C@H](NC(=O)[C@@H](CCC(N)=O)NC(=O)[C@H](CO)NC(=O)[C@@H](NC(=O)[C@@H](Cc2ccccc2)NC)[C@@H](C)CC)[C@@H](C)CC)[C@@H](C)CC)[C@H](C)OC1=O. The lowest BCUT2D eigenvalue weighted by Gasteiger charge is -2.31. The highest BCUT2D eigenvalue weighted by Crippen LogP contribution is 2.16. The third kappa shape index (κ3) is 24.7. The molecule has 1 aromatic carbocycles. The molecule has 0 radical (unpaired) electrons. The van der Waals surface area contributed by atoms with Crippen LogP contribution in [0.15, 0.2) is 35.3 Å². The number of nitrogens with one attached hydrogen (secondary N) is 11. The first-order valence-corrected chi connectivity index (χ1v) is 29.6. The minimum Gasteiger partial charge on any atom is -0.458 e. The highest BCUT2D eigenvalue weighted by atomic mass is 16.5. The largest absolute Gasteiger partial charge is 0.458 e. The summed E-state index contributed by atoms with van der Waals surface area (Å²) in [5.41, 5.74) is 17.1. The number of carbonyl (C=O) groups excluding carboxylic acids is 12. The van der Waals surface area contributed by atoms with Crippen molar-refractivity contribution in [3.8, 4) is 0 Å². The van der Waals surface area contributed by atoms with E-state index in [4.69, 9.17) is 21.9 Å². The summed E-state index contributed by atoms with van der Waals surface area (Å²) in [6, 6.07) is -6.32. The number of guanidine groups is 1. The van der Waals surface area contributed by atoms with E-state index in [1.54, 1.807) is 55.5 Å². The van der Waals surface area contributed by atoms with Gasteiger partial charge < -0.3 is 90.6 Å². The number of primary amides is 1. The number of nitrogens with zero attached hydrogens (tertiary/aromatic N) is 1. The van der Waals surface area contributed by atoms with Gasteiger partial charge in [-0.15, -0.1) is 0 Å². The minimum atomic E-state index is -1.82. The van der Waals surface area contributed by atoms with Crippen LogP contribution in [0, 0.1) is 17.8 Å². The van der Waals surface area contributed by atoms with Crippen LogP contribution in [-0.4, -0.2) is 186 Å². The summed E-state index contributed by atoms with van der Waals surface area (Å²) in [6.45, 7) is 12.5. The molecule has 1 heterocycles. The summed E-state index contributed by atoms with van der Waals surface area (Å²) >= 11 is 0. The Hall–Kier alpha value is -7.99. The van der Waals surface area contributed by atoms with E-state index in [9.17, 15) is 67.7 Å². The second-order valence-corrected chi connectivity index (χ2v) is 21.9. The minimum absolute atomic E-state index is 0.0295. The van der Waals surface area contributed by atoms with Crippen LogP contribution in [0.4, 0.5) is 0 Å². The number of cyclic esters (lactones) is 1. The van der Waals surface area contributed by atoms with Crippen LogP contribution < -0.4 is 75.7 Å². The van der Waals surface area contributed by atoms with Crippen LogP contribution in [-0.2, 0) is 68.7 Å². The second kappa shape index (κ2) is 38.2. The van der Waals surface area contributed by atoms with Crippen LogP contribution in [0.3, 0.4) is 0 Å². The Morgan fingerprint density at radius 1 is 0.598 bits per heavy atom. The topological polar surface area (TPSA) is 477 Å². The normalized spacial score (nSPS) is 20.8. The summed E-state index contributed by atoms with van der Waals surface area (Å²) in [4.78, 5) is 168. The van der Waals surface area contributed by atoms with Crippen LogP contribution in [0.25, 0.3) is 0 Å². The lowest BCUT2D eigenvalue weighted by Crippen LogP contribution is -2.63. The number of ether oxygens (including phenoxy) is 1. The van der Waals surface area contributed by atoms with E-state index < -0.39 is 187 Å². The number of hydrogen-bond acceptors (Lipinski definition) is 17. The average Bonchev–Trinajstić information content (AvgIpc) is 3.51. The second-order valence-electron chi connectivity index (χ2n) is 21.9. The monoisotopic (exact) mass is 1230 g/mol. The van der Waals surface area contributed by atoms with Crippen molar-refractivity contribution in [3.05, 3.63) is 35.9 Å². The quantitative estimate of drug-likeness (QED) is 0.0135. The van der Waals surface area contributed by atoms with Crippen molar-refractivity contribution in [3.63, 3.8) is 0 Å². The predicted octanol–water partition coefficient (Wildman–Crippen LogP) is -4.13. The van der Waals surface area contributed by atoms with Crippen molar-refractivity contribution in [1.82, 2.24) is 58.5 Å². The van der Waals surface area contributed by atoms with Crippen molar-refractivity contribution >= 4 is 76.9 Å². The maximum Gasteiger partial charge on any atom is 0.328 e. The van der Waals surface area contributed by atoms with Gasteiger partial charge in [-0.2, -0.15) is 0 Å². The zero-order chi connectivity index (χ0) is 65.7. The smallest absolute Gasteiger partial charge is 0.328 e. The summed E-state index contributed by atoms with van der Waals surface area (Å²) in [5.74, 6) is -12.9. The fraction of sp³-hybridized carbons (Fsp3) is 0.667. The molecule has 1 aromatic rings. The molecule has 1 aliphatic heterocycles. The molecule has 0 spiro atoms. The highest BCUT2D eigenvalue weighted by Gasteiger charge is 2.40. The average molecular weight is 1230 g/mol. The molecule has 19 N–H and O–H groups in total. The molecule has 11 amide bonds. The Morgan fingerprint density at radius 2 is 1.07 bits per heavy atom. The van der Waals surface area contributed by atoms with Crippen LogP contribution in [0.2, 0.25) is 0 Å². The first-order chi connectivity index (χ1) is 41.1. The lowest BCUT2D eigenvalue weighted by molar-refractivity contribution is -0.156. The molecule has 15 atom stereocenters. The molecular formula is C57H95N15O15. The van der Waals surface area contributed by atoms with Gasteiger partial charge in [0.2, 0.25) is 65.0 Å². The van der Waals surface area contributed by atoms with E-state index >= 15 is 0 Å². The van der Waals surface area contributed by atoms with E-state index in [0.29, 0.717) is 19.3 Å². The Bertz CT molecular complexity index is 2520. The molecule has 30 nitrogen and oxygen atoms in total. The number of benzene rings is 1. The summed E-state index contributed by atoms with van der Waals surface area (Å²) < 4.78 is 5.64. The maximum atomic E-state index is 14.4. The van der Waals surface area contributed by atoms with Gasteiger partial charge in [0.25, 0.3) is 0 Å². The van der Waals surface area contributed by atoms with Gasteiger partial charge in [0.05, 0.1) is 19.3 Å². The number of carbonyl (C=O) groups is 12. The number of nitrogens with two attached hydrogens (primary N) is 3. The molecule has 1 saturated heterocycles. The summed E-state index contributed by atoms with van der Waals surface area (Å²) in [5, 5.41) is 49.1. The Morgan fingerprint density at radius 3 is 1.55 bits per heavy atom. The number of aliphatic hydroxyl groups excluding tert-OH is 2. The van der Waals surface area contributed by atoms with Crippen LogP contribution >= 0.6 is 0 Å². The molecule has 0 saturated carbocycles. The fourth-order valence-electron chi connectivity index (χ4n) is 9.00. The number of hydrogen-bond donors (Lipinski definition) is 16. The Balaban J connectivity index is 2.39. The number of rotatable bonds is 34. The van der Waals surface area contributed by atoms with Gasteiger partial charge in [-0.3, -0.25) is 57.7 Å². The zero-order valence-electron chi connectivity index (χ0n) is 51.6. The van der Waals surface area contributed by atoms with Gasteiger partial charge in [-0.05, 0) is 76.3 Å². The van der Waals surface area contributed by atoms with Crippen molar-refractivity contribution in [2.75, 3.05) is 26.8 Å². The summed E-state index contributed by atoms with van der Waals surface area (Å²) in [7, 11) is 1.60. The van der Waals surface area contributed by atoms with Gasteiger partial charge in [0, 0.05) is 13.0 Å². The molecule has 87 heavy (non-hydrogen) atoms. The van der Waals surface area contributed by atoms with E-state index in [-0.39, 0.29) is 44.6 Å². The van der Waals surface area contributed by atoms with Gasteiger partial charge >= 0.3 is 5.97 Å². The molecule has 488 valence electrons. The number of aliphatic imine (C=N–C) groups is 1. The molecule has 1 aliphatic rings. The molecule has 30 heteroatoms. The highest BCUT2D eigenvalue weighted by molar-refractivity contribution is 5.99. The van der Waals surface area contributed by atoms with Crippen LogP contribution in [0.1, 0.15) is 126 Å². The lowest BCUT2D eigenvalue weighted by atomic mass is 9.94. The predicted molar refractivity (Wildman–Crippen MR) is 319 cm³/mol. The van der Waals surface area contributed by atoms with E-state index in [1.807, 2.05) is 30.3 Å².